The van der Waals surface area contributed by atoms with E-state index in [0.717, 1.165) is 64.2 Å². The Morgan fingerprint density at radius 2 is 0.882 bits per heavy atom. The van der Waals surface area contributed by atoms with E-state index in [1.54, 1.807) is 0 Å². The first-order valence-electron chi connectivity index (χ1n) is 26.2. The van der Waals surface area contributed by atoms with Crippen molar-refractivity contribution < 1.29 is 73.8 Å². The van der Waals surface area contributed by atoms with Gasteiger partial charge >= 0.3 is 11.9 Å². The van der Waals surface area contributed by atoms with Gasteiger partial charge in [0.05, 0.1) is 19.8 Å². The molecule has 7 N–H and O–H groups in total. The van der Waals surface area contributed by atoms with E-state index in [0.29, 0.717) is 12.8 Å². The zero-order valence-electron chi connectivity index (χ0n) is 41.6. The minimum absolute atomic E-state index is 0.151. The van der Waals surface area contributed by atoms with Gasteiger partial charge in [-0.1, -0.05) is 140 Å². The van der Waals surface area contributed by atoms with Gasteiger partial charge in [0.1, 0.15) is 55.4 Å². The lowest BCUT2D eigenvalue weighted by Gasteiger charge is -2.42. The second-order valence-corrected chi connectivity index (χ2v) is 18.3. The quantitative estimate of drug-likeness (QED) is 0.0179. The Balaban J connectivity index is 1.82. The molecule has 0 saturated carbocycles. The third-order valence-electron chi connectivity index (χ3n) is 12.3. The van der Waals surface area contributed by atoms with E-state index in [2.05, 4.69) is 62.5 Å². The molecule has 0 bridgehead atoms. The van der Waals surface area contributed by atoms with E-state index in [1.807, 2.05) is 0 Å². The fraction of sp³-hybridized carbons (Fsp3) is 0.811. The fourth-order valence-electron chi connectivity index (χ4n) is 7.92. The summed E-state index contributed by atoms with van der Waals surface area (Å²) in [5, 5.41) is 72.1. The van der Waals surface area contributed by atoms with E-state index in [9.17, 15) is 45.3 Å². The summed E-state index contributed by atoms with van der Waals surface area (Å²) in [4.78, 5) is 25.8. The smallest absolute Gasteiger partial charge is 0.306 e. The van der Waals surface area contributed by atoms with Crippen LogP contribution < -0.4 is 0 Å². The molecule has 2 aliphatic heterocycles. The molecule has 394 valence electrons. The van der Waals surface area contributed by atoms with Gasteiger partial charge in [-0.3, -0.25) is 9.59 Å². The Morgan fingerprint density at radius 3 is 1.46 bits per heavy atom. The number of allylic oxidation sites excluding steroid dienone is 8. The summed E-state index contributed by atoms with van der Waals surface area (Å²) >= 11 is 0. The molecule has 4 unspecified atom stereocenters. The van der Waals surface area contributed by atoms with E-state index < -0.39 is 99.3 Å². The lowest BCUT2D eigenvalue weighted by molar-refractivity contribution is -0.332. The zero-order chi connectivity index (χ0) is 49.6. The van der Waals surface area contributed by atoms with Crippen molar-refractivity contribution in [2.24, 2.45) is 0 Å². The maximum Gasteiger partial charge on any atom is 0.306 e. The molecule has 0 aliphatic carbocycles. The van der Waals surface area contributed by atoms with Crippen LogP contribution in [0.25, 0.3) is 0 Å². The van der Waals surface area contributed by atoms with Gasteiger partial charge in [0, 0.05) is 12.8 Å². The molecule has 2 saturated heterocycles. The van der Waals surface area contributed by atoms with Gasteiger partial charge in [0.2, 0.25) is 0 Å². The highest BCUT2D eigenvalue weighted by atomic mass is 16.7. The summed E-state index contributed by atoms with van der Waals surface area (Å²) < 4.78 is 33.5. The molecule has 11 atom stereocenters. The van der Waals surface area contributed by atoms with Crippen molar-refractivity contribution in [1.82, 2.24) is 0 Å². The summed E-state index contributed by atoms with van der Waals surface area (Å²) in [7, 11) is 0. The first kappa shape index (κ1) is 61.6. The molecular formula is C53H92O15. The predicted octanol–water partition coefficient (Wildman–Crippen LogP) is 7.49. The molecule has 2 fully saturated rings. The second kappa shape index (κ2) is 40.1. The van der Waals surface area contributed by atoms with Crippen LogP contribution in [0.3, 0.4) is 0 Å². The fourth-order valence-corrected chi connectivity index (χ4v) is 7.92. The van der Waals surface area contributed by atoms with Gasteiger partial charge in [-0.15, -0.1) is 0 Å². The van der Waals surface area contributed by atoms with Crippen LogP contribution in [0, 0.1) is 0 Å². The monoisotopic (exact) mass is 969 g/mol. The van der Waals surface area contributed by atoms with E-state index in [1.165, 1.54) is 77.0 Å². The maximum atomic E-state index is 13.0. The molecular weight excluding hydrogens is 877 g/mol. The zero-order valence-corrected chi connectivity index (χ0v) is 41.6. The number of esters is 2. The number of aliphatic hydroxyl groups is 7. The molecule has 0 aromatic rings. The number of aliphatic hydroxyl groups excluding tert-OH is 7. The summed E-state index contributed by atoms with van der Waals surface area (Å²) in [6.45, 7) is 2.51. The minimum Gasteiger partial charge on any atom is -0.462 e. The highest BCUT2D eigenvalue weighted by Crippen LogP contribution is 2.26. The number of ether oxygens (including phenoxy) is 6. The van der Waals surface area contributed by atoms with Crippen molar-refractivity contribution in [3.05, 3.63) is 48.6 Å². The van der Waals surface area contributed by atoms with Crippen LogP contribution >= 0.6 is 0 Å². The number of hydrogen-bond donors (Lipinski definition) is 7. The number of rotatable bonds is 40. The second-order valence-electron chi connectivity index (χ2n) is 18.3. The van der Waals surface area contributed by atoms with Gasteiger partial charge in [0.15, 0.2) is 18.7 Å². The SMILES string of the molecule is CCCCC/C=C/C/C=C/C/C=C/CCCCC(=O)OC[C@H](CO[C@H]1O[C@@H](CO[C@H]2O[C@@H](CO)[C@@H](O)C(O)C2O)[C@@H](O)C(O)C1O)OC(=O)CCCCCCCCC/C=C/CCCCCCCC. The molecule has 0 amide bonds. The van der Waals surface area contributed by atoms with Crippen LogP contribution in [0.4, 0.5) is 0 Å². The molecule has 15 nitrogen and oxygen atoms in total. The van der Waals surface area contributed by atoms with Gasteiger partial charge in [-0.05, 0) is 77.0 Å². The Morgan fingerprint density at radius 1 is 0.471 bits per heavy atom. The molecule has 2 heterocycles. The van der Waals surface area contributed by atoms with E-state index in [-0.39, 0.29) is 19.4 Å². The minimum atomic E-state index is -1.77. The third kappa shape index (κ3) is 27.7. The standard InChI is InChI=1S/C53H92O15/c1-3-5-7-9-11-13-15-17-19-20-22-24-26-28-30-32-34-36-45(56)66-41(38-63-44(55)35-33-31-29-27-25-23-21-18-16-14-12-10-8-6-4-2)39-64-52-51(62)49(60)47(58)43(68-52)40-65-53-50(61)48(59)46(57)42(37-54)67-53/h12,14,17-19,21,25,27,41-43,46-54,57-62H,3-11,13,15-16,20,22-24,26,28-40H2,1-2H3/b14-12+,19-17+,21-18+,27-25+/t41-,42+,43+,46-,47-,48?,49?,50?,51?,52+,53+/m1/s1. The lowest BCUT2D eigenvalue weighted by atomic mass is 9.98. The van der Waals surface area contributed by atoms with E-state index >= 15 is 0 Å². The average molecular weight is 969 g/mol. The van der Waals surface area contributed by atoms with Gasteiger partial charge in [0.25, 0.3) is 0 Å². The molecule has 15 heteroatoms. The Hall–Kier alpha value is -2.54. The average Bonchev–Trinajstić information content (AvgIpc) is 3.33. The normalized spacial score (nSPS) is 26.1. The lowest BCUT2D eigenvalue weighted by Crippen LogP contribution is -2.61. The predicted molar refractivity (Wildman–Crippen MR) is 261 cm³/mol. The molecule has 2 aliphatic rings. The van der Waals surface area contributed by atoms with Crippen molar-refractivity contribution in [1.29, 1.82) is 0 Å². The largest absolute Gasteiger partial charge is 0.462 e. The third-order valence-corrected chi connectivity index (χ3v) is 12.3. The van der Waals surface area contributed by atoms with Crippen LogP contribution in [-0.4, -0.2) is 142 Å². The topological polar surface area (TPSA) is 231 Å². The Bertz CT molecular complexity index is 1370. The molecule has 0 radical (unpaired) electrons. The molecule has 2 rings (SSSR count). The van der Waals surface area contributed by atoms with Gasteiger partial charge in [-0.25, -0.2) is 0 Å². The van der Waals surface area contributed by atoms with Crippen LogP contribution in [0.5, 0.6) is 0 Å². The molecule has 0 spiro atoms. The van der Waals surface area contributed by atoms with Crippen LogP contribution in [-0.2, 0) is 38.0 Å². The number of carbonyl (C=O) groups is 2. The van der Waals surface area contributed by atoms with Gasteiger partial charge < -0.3 is 64.2 Å². The maximum absolute atomic E-state index is 13.0. The van der Waals surface area contributed by atoms with Crippen molar-refractivity contribution in [3.63, 3.8) is 0 Å². The van der Waals surface area contributed by atoms with Crippen molar-refractivity contribution in [3.8, 4) is 0 Å². The Kier molecular flexibility index (Phi) is 36.3. The number of unbranched alkanes of at least 4 members (excludes halogenated alkanes) is 18. The molecule has 0 aromatic heterocycles. The summed E-state index contributed by atoms with van der Waals surface area (Å²) in [6, 6.07) is 0. The summed E-state index contributed by atoms with van der Waals surface area (Å²) in [5.41, 5.74) is 0. The number of hydrogen-bond acceptors (Lipinski definition) is 15. The number of carbonyl (C=O) groups excluding carboxylic acids is 2. The summed E-state index contributed by atoms with van der Waals surface area (Å²) in [5.74, 6) is -0.975. The van der Waals surface area contributed by atoms with Crippen LogP contribution in [0.2, 0.25) is 0 Å². The first-order valence-corrected chi connectivity index (χ1v) is 26.2. The van der Waals surface area contributed by atoms with Crippen molar-refractivity contribution in [2.45, 2.75) is 248 Å². The first-order chi connectivity index (χ1) is 33.0. The molecule has 0 aromatic carbocycles. The highest BCUT2D eigenvalue weighted by Gasteiger charge is 2.47. The van der Waals surface area contributed by atoms with E-state index in [4.69, 9.17) is 28.4 Å². The summed E-state index contributed by atoms with van der Waals surface area (Å²) in [6.07, 6.45) is 27.1. The molecule has 68 heavy (non-hydrogen) atoms. The van der Waals surface area contributed by atoms with Crippen LogP contribution in [0.1, 0.15) is 181 Å². The van der Waals surface area contributed by atoms with Crippen molar-refractivity contribution in [2.75, 3.05) is 26.4 Å². The van der Waals surface area contributed by atoms with Crippen molar-refractivity contribution >= 4 is 11.9 Å². The van der Waals surface area contributed by atoms with Crippen LogP contribution in [0.15, 0.2) is 48.6 Å². The highest BCUT2D eigenvalue weighted by molar-refractivity contribution is 5.70. The Labute approximate surface area is 408 Å². The van der Waals surface area contributed by atoms with Gasteiger partial charge in [-0.2, -0.15) is 0 Å².